The molecule has 3 aromatic rings. The van der Waals surface area contributed by atoms with Gasteiger partial charge in [-0.1, -0.05) is 30.4 Å². The second-order valence-electron chi connectivity index (χ2n) is 6.99. The van der Waals surface area contributed by atoms with Crippen molar-refractivity contribution in [1.82, 2.24) is 15.4 Å². The van der Waals surface area contributed by atoms with Crippen LogP contribution in [0, 0.1) is 11.8 Å². The highest BCUT2D eigenvalue weighted by molar-refractivity contribution is 6.07. The number of amides is 1. The zero-order valence-corrected chi connectivity index (χ0v) is 14.7. The monoisotopic (exact) mass is 354 g/mol. The lowest BCUT2D eigenvalue weighted by atomic mass is 9.74. The minimum atomic E-state index is -0.203. The van der Waals surface area contributed by atoms with Crippen LogP contribution in [0.4, 0.5) is 0 Å². The van der Waals surface area contributed by atoms with E-state index in [1.165, 1.54) is 0 Å². The van der Waals surface area contributed by atoms with E-state index in [4.69, 9.17) is 4.98 Å². The van der Waals surface area contributed by atoms with Gasteiger partial charge in [0.1, 0.15) is 0 Å². The number of para-hydroxylation sites is 1. The van der Waals surface area contributed by atoms with Crippen LogP contribution in [0.3, 0.4) is 0 Å². The lowest BCUT2D eigenvalue weighted by Gasteiger charge is -2.31. The Morgan fingerprint density at radius 1 is 1.15 bits per heavy atom. The maximum absolute atomic E-state index is 12.9. The molecule has 27 heavy (non-hydrogen) atoms. The highest BCUT2D eigenvalue weighted by atomic mass is 16.2. The SMILES string of the molecule is O=C(N/N=C1/C[C@H]2C=CC[C@H]12)c1cc(-c2ccncc2)nc2ccccc12. The molecule has 2 aliphatic carbocycles. The minimum Gasteiger partial charge on any atom is -0.267 e. The van der Waals surface area contributed by atoms with Gasteiger partial charge in [0, 0.05) is 35.0 Å². The number of fused-ring (bicyclic) bond motifs is 2. The Balaban J connectivity index is 1.49. The van der Waals surface area contributed by atoms with Crippen molar-refractivity contribution in [2.45, 2.75) is 12.8 Å². The van der Waals surface area contributed by atoms with Gasteiger partial charge in [0.25, 0.3) is 5.91 Å². The minimum absolute atomic E-state index is 0.203. The number of benzene rings is 1. The normalized spacial score (nSPS) is 21.9. The van der Waals surface area contributed by atoms with Crippen LogP contribution >= 0.6 is 0 Å². The van der Waals surface area contributed by atoms with Gasteiger partial charge < -0.3 is 0 Å². The molecule has 1 aromatic carbocycles. The van der Waals surface area contributed by atoms with E-state index in [1.54, 1.807) is 12.4 Å². The first-order chi connectivity index (χ1) is 13.3. The first-order valence-electron chi connectivity index (χ1n) is 9.13. The molecule has 1 saturated carbocycles. The smallest absolute Gasteiger partial charge is 0.267 e. The Bertz CT molecular complexity index is 1090. The van der Waals surface area contributed by atoms with Gasteiger partial charge in [-0.15, -0.1) is 0 Å². The summed E-state index contributed by atoms with van der Waals surface area (Å²) < 4.78 is 0. The van der Waals surface area contributed by atoms with Crippen molar-refractivity contribution >= 4 is 22.5 Å². The molecule has 5 rings (SSSR count). The quantitative estimate of drug-likeness (QED) is 0.571. The van der Waals surface area contributed by atoms with Gasteiger partial charge >= 0.3 is 0 Å². The fourth-order valence-corrected chi connectivity index (χ4v) is 3.88. The molecule has 0 radical (unpaired) electrons. The van der Waals surface area contributed by atoms with Gasteiger partial charge in [-0.2, -0.15) is 5.10 Å². The molecule has 2 aliphatic rings. The van der Waals surface area contributed by atoms with Crippen LogP contribution < -0.4 is 5.43 Å². The zero-order chi connectivity index (χ0) is 18.2. The summed E-state index contributed by atoms with van der Waals surface area (Å²) in [5, 5.41) is 5.23. The van der Waals surface area contributed by atoms with Crippen molar-refractivity contribution in [2.24, 2.45) is 16.9 Å². The Labute approximate surface area is 156 Å². The standard InChI is InChI=1S/C22H18N4O/c27-22(26-25-21-12-15-4-3-6-16(15)21)18-13-20(14-8-10-23-11-9-14)24-19-7-2-1-5-17(18)19/h1-5,7-11,13,15-16H,6,12H2,(H,26,27)/b25-21-/t15-,16+/m1/s1. The Morgan fingerprint density at radius 2 is 2.00 bits per heavy atom. The number of rotatable bonds is 3. The van der Waals surface area contributed by atoms with E-state index in [1.807, 2.05) is 42.5 Å². The zero-order valence-electron chi connectivity index (χ0n) is 14.7. The highest BCUT2D eigenvalue weighted by Crippen LogP contribution is 2.40. The molecule has 2 aromatic heterocycles. The maximum atomic E-state index is 12.9. The molecule has 0 unspecified atom stereocenters. The van der Waals surface area contributed by atoms with Gasteiger partial charge in [-0.25, -0.2) is 10.4 Å². The lowest BCUT2D eigenvalue weighted by molar-refractivity contribution is 0.0955. The summed E-state index contributed by atoms with van der Waals surface area (Å²) in [7, 11) is 0. The largest absolute Gasteiger partial charge is 0.272 e. The number of carbonyl (C=O) groups excluding carboxylic acids is 1. The summed E-state index contributed by atoms with van der Waals surface area (Å²) in [4.78, 5) is 21.7. The Hall–Kier alpha value is -3.34. The van der Waals surface area contributed by atoms with Gasteiger partial charge in [-0.3, -0.25) is 9.78 Å². The summed E-state index contributed by atoms with van der Waals surface area (Å²) in [6, 6.07) is 13.3. The molecule has 0 aliphatic heterocycles. The molecule has 2 heterocycles. The number of aromatic nitrogens is 2. The van der Waals surface area contributed by atoms with E-state index >= 15 is 0 Å². The molecular formula is C22H18N4O. The van der Waals surface area contributed by atoms with Crippen molar-refractivity contribution in [2.75, 3.05) is 0 Å². The van der Waals surface area contributed by atoms with E-state index < -0.39 is 0 Å². The van der Waals surface area contributed by atoms with Crippen LogP contribution in [0.15, 0.2) is 72.1 Å². The topological polar surface area (TPSA) is 67.2 Å². The summed E-state index contributed by atoms with van der Waals surface area (Å²) in [6.45, 7) is 0. The van der Waals surface area contributed by atoms with Crippen LogP contribution in [0.25, 0.3) is 22.2 Å². The van der Waals surface area contributed by atoms with Gasteiger partial charge in [0.05, 0.1) is 16.8 Å². The molecule has 2 atom stereocenters. The van der Waals surface area contributed by atoms with E-state index in [-0.39, 0.29) is 5.91 Å². The van der Waals surface area contributed by atoms with Crippen LogP contribution in [0.1, 0.15) is 23.2 Å². The number of hydrazone groups is 1. The Kier molecular flexibility index (Phi) is 3.78. The number of pyridine rings is 2. The van der Waals surface area contributed by atoms with Crippen molar-refractivity contribution in [3.05, 3.63) is 72.6 Å². The molecule has 1 N–H and O–H groups in total. The first kappa shape index (κ1) is 15.9. The number of allylic oxidation sites excluding steroid dienone is 2. The second-order valence-corrected chi connectivity index (χ2v) is 6.99. The lowest BCUT2D eigenvalue weighted by Crippen LogP contribution is -2.35. The molecule has 0 bridgehead atoms. The van der Waals surface area contributed by atoms with Gasteiger partial charge in [0.15, 0.2) is 0 Å². The van der Waals surface area contributed by atoms with Gasteiger partial charge in [-0.05, 0) is 43.0 Å². The average Bonchev–Trinajstić information content (AvgIpc) is 3.08. The Morgan fingerprint density at radius 3 is 2.85 bits per heavy atom. The summed E-state index contributed by atoms with van der Waals surface area (Å²) in [5.74, 6) is 0.887. The third-order valence-electron chi connectivity index (χ3n) is 5.40. The third kappa shape index (κ3) is 2.81. The number of carbonyl (C=O) groups is 1. The van der Waals surface area contributed by atoms with Crippen LogP contribution in [0.5, 0.6) is 0 Å². The maximum Gasteiger partial charge on any atom is 0.272 e. The third-order valence-corrected chi connectivity index (χ3v) is 5.40. The van der Waals surface area contributed by atoms with Crippen molar-refractivity contribution in [3.8, 4) is 11.3 Å². The molecule has 5 heteroatoms. The van der Waals surface area contributed by atoms with E-state index in [0.717, 1.165) is 40.7 Å². The highest BCUT2D eigenvalue weighted by Gasteiger charge is 2.38. The summed E-state index contributed by atoms with van der Waals surface area (Å²) in [5.41, 5.74) is 6.89. The molecular weight excluding hydrogens is 336 g/mol. The van der Waals surface area contributed by atoms with E-state index in [2.05, 4.69) is 27.7 Å². The number of nitrogens with one attached hydrogen (secondary N) is 1. The van der Waals surface area contributed by atoms with Crippen LogP contribution in [-0.4, -0.2) is 21.6 Å². The fraction of sp³-hybridized carbons (Fsp3) is 0.182. The predicted octanol–water partition coefficient (Wildman–Crippen LogP) is 3.98. The fourth-order valence-electron chi connectivity index (χ4n) is 3.88. The molecule has 1 fully saturated rings. The van der Waals surface area contributed by atoms with Crippen LogP contribution in [0.2, 0.25) is 0 Å². The number of hydrogen-bond acceptors (Lipinski definition) is 4. The molecule has 5 nitrogen and oxygen atoms in total. The first-order valence-corrected chi connectivity index (χ1v) is 9.13. The van der Waals surface area contributed by atoms with E-state index in [0.29, 0.717) is 17.4 Å². The average molecular weight is 354 g/mol. The van der Waals surface area contributed by atoms with Crippen molar-refractivity contribution in [1.29, 1.82) is 0 Å². The number of nitrogens with zero attached hydrogens (tertiary/aromatic N) is 3. The molecule has 0 saturated heterocycles. The summed E-state index contributed by atoms with van der Waals surface area (Å²) >= 11 is 0. The second kappa shape index (κ2) is 6.43. The van der Waals surface area contributed by atoms with Gasteiger partial charge in [0.2, 0.25) is 0 Å². The number of hydrogen-bond donors (Lipinski definition) is 1. The molecule has 0 spiro atoms. The molecule has 1 amide bonds. The molecule has 132 valence electrons. The van der Waals surface area contributed by atoms with Crippen molar-refractivity contribution < 1.29 is 4.79 Å². The summed E-state index contributed by atoms with van der Waals surface area (Å²) in [6.07, 6.45) is 9.88. The van der Waals surface area contributed by atoms with Crippen molar-refractivity contribution in [3.63, 3.8) is 0 Å². The van der Waals surface area contributed by atoms with Crippen LogP contribution in [-0.2, 0) is 0 Å². The van der Waals surface area contributed by atoms with E-state index in [9.17, 15) is 4.79 Å². The predicted molar refractivity (Wildman–Crippen MR) is 105 cm³/mol.